The number of non-ortho nitro benzene ring substituents is 1. The molecule has 0 aliphatic carbocycles. The highest BCUT2D eigenvalue weighted by Gasteiger charge is 2.30. The second-order valence-electron chi connectivity index (χ2n) is 13.8. The minimum atomic E-state index is -0.336. The lowest BCUT2D eigenvalue weighted by Crippen LogP contribution is -2.39. The Kier molecular flexibility index (Phi) is 17.9. The lowest BCUT2D eigenvalue weighted by atomic mass is 9.83. The average molecular weight is 677 g/mol. The Morgan fingerprint density at radius 3 is 2.08 bits per heavy atom. The van der Waals surface area contributed by atoms with Crippen molar-refractivity contribution in [2.45, 2.75) is 118 Å². The van der Waals surface area contributed by atoms with Crippen molar-refractivity contribution in [1.29, 1.82) is 0 Å². The largest absolute Gasteiger partial charge is 0.494 e. The Bertz CT molecular complexity index is 1380. The van der Waals surface area contributed by atoms with Crippen molar-refractivity contribution >= 4 is 22.4 Å². The quantitative estimate of drug-likeness (QED) is 0.0364. The van der Waals surface area contributed by atoms with Gasteiger partial charge >= 0.3 is 0 Å². The number of aromatic nitrogens is 1. The van der Waals surface area contributed by atoms with Crippen LogP contribution >= 0.6 is 0 Å². The standard InChI is InChI=1S/C41H64N4O4/c1-7-12-17-36(32-43(28-15-10-4)40(11-5)44-29-24-35-31-37(45(47)48)20-23-39(35)44)33(6)41(46)34-18-21-38(22-19-34)49-30-16-27-42(25-13-8-2)26-14-9-3/h18-24,29,31,33,36,40H,7-17,25-28,30,32H2,1-6H3. The molecule has 0 radical (unpaired) electrons. The van der Waals surface area contributed by atoms with Gasteiger partial charge in [0.25, 0.3) is 5.69 Å². The van der Waals surface area contributed by atoms with Gasteiger partial charge in [-0.2, -0.15) is 0 Å². The van der Waals surface area contributed by atoms with E-state index in [9.17, 15) is 14.9 Å². The van der Waals surface area contributed by atoms with Gasteiger partial charge in [-0.15, -0.1) is 0 Å². The number of Topliss-reactive ketones (excluding diaryl/α,β-unsaturated/α-hetero) is 1. The molecule has 1 heterocycles. The first-order chi connectivity index (χ1) is 23.8. The van der Waals surface area contributed by atoms with E-state index in [0.717, 1.165) is 99.9 Å². The third-order valence-corrected chi connectivity index (χ3v) is 10.0. The first kappa shape index (κ1) is 40.2. The number of hydrogen-bond acceptors (Lipinski definition) is 6. The molecule has 2 aromatic carbocycles. The van der Waals surface area contributed by atoms with E-state index < -0.39 is 0 Å². The zero-order valence-electron chi connectivity index (χ0n) is 31.4. The highest BCUT2D eigenvalue weighted by molar-refractivity contribution is 5.98. The summed E-state index contributed by atoms with van der Waals surface area (Å²) >= 11 is 0. The molecule has 49 heavy (non-hydrogen) atoms. The number of ketones is 1. The number of benzene rings is 2. The molecular weight excluding hydrogens is 612 g/mol. The topological polar surface area (TPSA) is 80.8 Å². The van der Waals surface area contributed by atoms with Crippen molar-refractivity contribution in [3.8, 4) is 5.75 Å². The van der Waals surface area contributed by atoms with E-state index in [0.29, 0.717) is 6.61 Å². The molecule has 1 aromatic heterocycles. The van der Waals surface area contributed by atoms with Gasteiger partial charge in [-0.3, -0.25) is 19.8 Å². The summed E-state index contributed by atoms with van der Waals surface area (Å²) < 4.78 is 8.36. The van der Waals surface area contributed by atoms with Gasteiger partial charge in [0.2, 0.25) is 0 Å². The maximum absolute atomic E-state index is 14.0. The third kappa shape index (κ3) is 12.2. The summed E-state index contributed by atoms with van der Waals surface area (Å²) in [4.78, 5) is 30.1. The number of nitro benzene ring substituents is 1. The lowest BCUT2D eigenvalue weighted by Gasteiger charge is -2.37. The minimum absolute atomic E-state index is 0.0961. The van der Waals surface area contributed by atoms with Crippen LogP contribution in [-0.2, 0) is 0 Å². The van der Waals surface area contributed by atoms with Crippen LogP contribution in [0.4, 0.5) is 5.69 Å². The molecule has 0 saturated carbocycles. The number of fused-ring (bicyclic) bond motifs is 1. The smallest absolute Gasteiger partial charge is 0.270 e. The molecule has 0 saturated heterocycles. The fourth-order valence-corrected chi connectivity index (χ4v) is 6.92. The Morgan fingerprint density at radius 1 is 0.837 bits per heavy atom. The average Bonchev–Trinajstić information content (AvgIpc) is 3.54. The Morgan fingerprint density at radius 2 is 1.47 bits per heavy atom. The molecule has 8 nitrogen and oxygen atoms in total. The number of carbonyl (C=O) groups excluding carboxylic acids is 1. The monoisotopic (exact) mass is 676 g/mol. The summed E-state index contributed by atoms with van der Waals surface area (Å²) in [5.74, 6) is 1.10. The van der Waals surface area contributed by atoms with E-state index in [1.165, 1.54) is 25.7 Å². The van der Waals surface area contributed by atoms with Crippen molar-refractivity contribution in [1.82, 2.24) is 14.4 Å². The van der Waals surface area contributed by atoms with Crippen molar-refractivity contribution < 1.29 is 14.5 Å². The summed E-state index contributed by atoms with van der Waals surface area (Å²) in [5, 5.41) is 12.3. The molecule has 0 spiro atoms. The number of hydrogen-bond donors (Lipinski definition) is 0. The second-order valence-corrected chi connectivity index (χ2v) is 13.8. The first-order valence-electron chi connectivity index (χ1n) is 19.3. The maximum atomic E-state index is 14.0. The summed E-state index contributed by atoms with van der Waals surface area (Å²) in [6, 6.07) is 14.9. The van der Waals surface area contributed by atoms with Gasteiger partial charge in [0.1, 0.15) is 5.75 Å². The summed E-state index contributed by atoms with van der Waals surface area (Å²) in [5.41, 5.74) is 1.86. The Labute approximate surface area is 296 Å². The van der Waals surface area contributed by atoms with Crippen LogP contribution in [0.15, 0.2) is 54.7 Å². The Hall–Kier alpha value is -3.23. The van der Waals surface area contributed by atoms with E-state index in [4.69, 9.17) is 4.74 Å². The van der Waals surface area contributed by atoms with Crippen LogP contribution in [0, 0.1) is 22.0 Å². The molecule has 3 atom stereocenters. The van der Waals surface area contributed by atoms with Gasteiger partial charge < -0.3 is 14.2 Å². The first-order valence-corrected chi connectivity index (χ1v) is 19.3. The molecule has 0 N–H and O–H groups in total. The Balaban J connectivity index is 1.70. The van der Waals surface area contributed by atoms with Crippen LogP contribution in [0.2, 0.25) is 0 Å². The van der Waals surface area contributed by atoms with E-state index in [1.54, 1.807) is 12.1 Å². The summed E-state index contributed by atoms with van der Waals surface area (Å²) in [7, 11) is 0. The van der Waals surface area contributed by atoms with Crippen LogP contribution in [-0.4, -0.2) is 64.4 Å². The van der Waals surface area contributed by atoms with Gasteiger partial charge in [0, 0.05) is 60.3 Å². The van der Waals surface area contributed by atoms with Crippen molar-refractivity contribution in [2.24, 2.45) is 11.8 Å². The van der Waals surface area contributed by atoms with Crippen LogP contribution in [0.3, 0.4) is 0 Å². The number of ether oxygens (including phenoxy) is 1. The normalized spacial score (nSPS) is 13.6. The molecule has 0 fully saturated rings. The highest BCUT2D eigenvalue weighted by atomic mass is 16.6. The predicted octanol–water partition coefficient (Wildman–Crippen LogP) is 10.6. The van der Waals surface area contributed by atoms with Gasteiger partial charge in [-0.05, 0) is 93.9 Å². The molecule has 3 rings (SSSR count). The van der Waals surface area contributed by atoms with E-state index in [-0.39, 0.29) is 34.4 Å². The number of carbonyl (C=O) groups is 1. The molecule has 0 aliphatic rings. The molecular formula is C41H64N4O4. The fourth-order valence-electron chi connectivity index (χ4n) is 6.92. The highest BCUT2D eigenvalue weighted by Crippen LogP contribution is 2.31. The number of nitrogens with zero attached hydrogens (tertiary/aromatic N) is 4. The molecule has 272 valence electrons. The number of unbranched alkanes of at least 4 members (excludes halogenated alkanes) is 4. The number of rotatable bonds is 26. The zero-order valence-corrected chi connectivity index (χ0v) is 31.4. The molecule has 3 unspecified atom stereocenters. The SMILES string of the molecule is CCCCC(CN(CCCC)C(CC)n1ccc2cc([N+](=O)[O-])ccc21)C(C)C(=O)c1ccc(OCCCN(CCCC)CCCC)cc1. The molecule has 0 aliphatic heterocycles. The fraction of sp³-hybridized carbons (Fsp3) is 0.634. The van der Waals surface area contributed by atoms with Gasteiger partial charge in [-0.1, -0.05) is 73.6 Å². The second kappa shape index (κ2) is 21.8. The maximum Gasteiger partial charge on any atom is 0.270 e. The molecule has 8 heteroatoms. The summed E-state index contributed by atoms with van der Waals surface area (Å²) in [6.07, 6.45) is 14.3. The molecule has 3 aromatic rings. The van der Waals surface area contributed by atoms with Crippen LogP contribution in [0.5, 0.6) is 5.75 Å². The van der Waals surface area contributed by atoms with E-state index in [1.807, 2.05) is 36.4 Å². The summed E-state index contributed by atoms with van der Waals surface area (Å²) in [6.45, 7) is 19.1. The van der Waals surface area contributed by atoms with Gasteiger partial charge in [0.05, 0.1) is 17.7 Å². The van der Waals surface area contributed by atoms with Crippen molar-refractivity contribution in [3.63, 3.8) is 0 Å². The van der Waals surface area contributed by atoms with Gasteiger partial charge in [-0.25, -0.2) is 0 Å². The van der Waals surface area contributed by atoms with E-state index >= 15 is 0 Å². The predicted molar refractivity (Wildman–Crippen MR) is 204 cm³/mol. The lowest BCUT2D eigenvalue weighted by molar-refractivity contribution is -0.384. The molecule has 0 amide bonds. The molecule has 0 bridgehead atoms. The number of nitro groups is 1. The van der Waals surface area contributed by atoms with Crippen molar-refractivity contribution in [2.75, 3.05) is 39.3 Å². The van der Waals surface area contributed by atoms with E-state index in [2.05, 4.69) is 62.1 Å². The van der Waals surface area contributed by atoms with Crippen LogP contribution in [0.25, 0.3) is 10.9 Å². The van der Waals surface area contributed by atoms with Crippen molar-refractivity contribution in [3.05, 3.63) is 70.4 Å². The van der Waals surface area contributed by atoms with Crippen LogP contribution in [0.1, 0.15) is 129 Å². The van der Waals surface area contributed by atoms with Gasteiger partial charge in [0.15, 0.2) is 5.78 Å². The third-order valence-electron chi connectivity index (χ3n) is 10.0. The van der Waals surface area contributed by atoms with Crippen LogP contribution < -0.4 is 4.74 Å². The zero-order chi connectivity index (χ0) is 35.6. The minimum Gasteiger partial charge on any atom is -0.494 e.